The van der Waals surface area contributed by atoms with Crippen molar-refractivity contribution in [2.45, 2.75) is 10.6 Å². The molecule has 0 aliphatic carbocycles. The van der Waals surface area contributed by atoms with Crippen LogP contribution in [0.2, 0.25) is 4.34 Å². The van der Waals surface area contributed by atoms with E-state index in [0.29, 0.717) is 17.3 Å². The lowest BCUT2D eigenvalue weighted by Gasteiger charge is -2.07. The van der Waals surface area contributed by atoms with Gasteiger partial charge >= 0.3 is 0 Å². The number of nitrogens with one attached hydrogen (secondary N) is 2. The van der Waals surface area contributed by atoms with Gasteiger partial charge in [0.1, 0.15) is 4.21 Å². The van der Waals surface area contributed by atoms with Crippen LogP contribution in [-0.4, -0.2) is 27.4 Å². The number of hydrogen-bond acceptors (Lipinski definition) is 4. The van der Waals surface area contributed by atoms with Gasteiger partial charge in [0.25, 0.3) is 10.0 Å². The molecule has 0 aliphatic heterocycles. The molecular weight excluding hydrogens is 344 g/mol. The molecule has 22 heavy (non-hydrogen) atoms. The molecule has 0 radical (unpaired) electrons. The molecule has 2 N–H and O–H groups in total. The molecule has 0 bridgehead atoms. The number of carbonyl (C=O) groups excluding carboxylic acids is 1. The van der Waals surface area contributed by atoms with Crippen molar-refractivity contribution in [1.82, 2.24) is 10.0 Å². The Hall–Kier alpha value is -1.41. The zero-order valence-corrected chi connectivity index (χ0v) is 14.0. The predicted octanol–water partition coefficient (Wildman–Crippen LogP) is 2.04. The second-order valence-electron chi connectivity index (χ2n) is 4.47. The van der Waals surface area contributed by atoms with Crippen LogP contribution < -0.4 is 10.0 Å². The van der Waals surface area contributed by atoms with E-state index < -0.39 is 10.0 Å². The largest absolute Gasteiger partial charge is 0.355 e. The Morgan fingerprint density at radius 1 is 1.14 bits per heavy atom. The van der Waals surface area contributed by atoms with Gasteiger partial charge in [0.2, 0.25) is 5.91 Å². The molecule has 8 heteroatoms. The first-order valence-electron chi connectivity index (χ1n) is 6.53. The van der Waals surface area contributed by atoms with Crippen LogP contribution >= 0.6 is 22.9 Å². The first-order valence-corrected chi connectivity index (χ1v) is 9.21. The van der Waals surface area contributed by atoms with Crippen molar-refractivity contribution in [1.29, 1.82) is 0 Å². The van der Waals surface area contributed by atoms with Crippen molar-refractivity contribution in [2.24, 2.45) is 0 Å². The fourth-order valence-corrected chi connectivity index (χ4v) is 4.24. The number of sulfonamides is 1. The lowest BCUT2D eigenvalue weighted by molar-refractivity contribution is -0.119. The molecule has 0 fully saturated rings. The molecule has 0 saturated heterocycles. The van der Waals surface area contributed by atoms with Crippen LogP contribution in [0, 0.1) is 0 Å². The molecule has 118 valence electrons. The summed E-state index contributed by atoms with van der Waals surface area (Å²) in [5.41, 5.74) is 1.11. The Bertz CT molecular complexity index is 730. The molecule has 1 amide bonds. The number of amides is 1. The van der Waals surface area contributed by atoms with E-state index in [4.69, 9.17) is 11.6 Å². The molecule has 2 aromatic rings. The molecular formula is C14H15ClN2O3S2. The summed E-state index contributed by atoms with van der Waals surface area (Å²) in [6, 6.07) is 12.6. The van der Waals surface area contributed by atoms with Crippen LogP contribution in [0.15, 0.2) is 46.7 Å². The first kappa shape index (κ1) is 17.0. The van der Waals surface area contributed by atoms with E-state index in [0.717, 1.165) is 16.9 Å². The van der Waals surface area contributed by atoms with Crippen molar-refractivity contribution < 1.29 is 13.2 Å². The van der Waals surface area contributed by atoms with Gasteiger partial charge in [-0.2, -0.15) is 0 Å². The van der Waals surface area contributed by atoms with Crippen molar-refractivity contribution in [2.75, 3.05) is 13.1 Å². The number of thiophene rings is 1. The van der Waals surface area contributed by atoms with E-state index in [1.54, 1.807) is 0 Å². The lowest BCUT2D eigenvalue weighted by Crippen LogP contribution is -2.37. The highest BCUT2D eigenvalue weighted by Gasteiger charge is 2.17. The Morgan fingerprint density at radius 3 is 2.50 bits per heavy atom. The summed E-state index contributed by atoms with van der Waals surface area (Å²) in [4.78, 5) is 11.7. The maximum Gasteiger partial charge on any atom is 0.250 e. The van der Waals surface area contributed by atoms with Gasteiger partial charge in [-0.15, -0.1) is 11.3 Å². The zero-order chi connectivity index (χ0) is 16.0. The third-order valence-electron chi connectivity index (χ3n) is 2.81. The van der Waals surface area contributed by atoms with Crippen LogP contribution in [0.1, 0.15) is 5.56 Å². The number of carbonyl (C=O) groups is 1. The van der Waals surface area contributed by atoms with E-state index >= 15 is 0 Å². The van der Waals surface area contributed by atoms with E-state index in [1.807, 2.05) is 30.3 Å². The minimum Gasteiger partial charge on any atom is -0.355 e. The quantitative estimate of drug-likeness (QED) is 0.795. The Kier molecular flexibility index (Phi) is 5.96. The van der Waals surface area contributed by atoms with Crippen molar-refractivity contribution >= 4 is 38.9 Å². The SMILES string of the molecule is O=C(CNS(=O)(=O)c1ccc(Cl)s1)NCCc1ccccc1. The number of hydrogen-bond donors (Lipinski definition) is 2. The third-order valence-corrected chi connectivity index (χ3v) is 5.94. The summed E-state index contributed by atoms with van der Waals surface area (Å²) in [5, 5.41) is 2.67. The third kappa shape index (κ3) is 5.10. The van der Waals surface area contributed by atoms with Gasteiger partial charge in [-0.1, -0.05) is 41.9 Å². The predicted molar refractivity (Wildman–Crippen MR) is 87.7 cm³/mol. The number of benzene rings is 1. The molecule has 5 nitrogen and oxygen atoms in total. The summed E-state index contributed by atoms with van der Waals surface area (Å²) in [5.74, 6) is -0.373. The first-order chi connectivity index (χ1) is 10.5. The van der Waals surface area contributed by atoms with E-state index in [-0.39, 0.29) is 16.7 Å². The monoisotopic (exact) mass is 358 g/mol. The zero-order valence-electron chi connectivity index (χ0n) is 11.6. The fraction of sp³-hybridized carbons (Fsp3) is 0.214. The molecule has 0 unspecified atom stereocenters. The normalized spacial score (nSPS) is 11.3. The average molecular weight is 359 g/mol. The van der Waals surface area contributed by atoms with Gasteiger partial charge in [-0.05, 0) is 24.1 Å². The highest BCUT2D eigenvalue weighted by Crippen LogP contribution is 2.25. The lowest BCUT2D eigenvalue weighted by atomic mass is 10.1. The van der Waals surface area contributed by atoms with Gasteiger partial charge in [-0.3, -0.25) is 4.79 Å². The van der Waals surface area contributed by atoms with Gasteiger partial charge in [0.15, 0.2) is 0 Å². The minimum absolute atomic E-state index is 0.0922. The summed E-state index contributed by atoms with van der Waals surface area (Å²) < 4.78 is 26.5. The second-order valence-corrected chi connectivity index (χ2v) is 8.18. The molecule has 1 aromatic carbocycles. The average Bonchev–Trinajstić information content (AvgIpc) is 2.94. The van der Waals surface area contributed by atoms with E-state index in [1.165, 1.54) is 12.1 Å². The van der Waals surface area contributed by atoms with Crippen LogP contribution in [0.3, 0.4) is 0 Å². The number of halogens is 1. The molecule has 0 saturated carbocycles. The highest BCUT2D eigenvalue weighted by molar-refractivity contribution is 7.91. The molecule has 2 rings (SSSR count). The van der Waals surface area contributed by atoms with Crippen LogP contribution in [-0.2, 0) is 21.2 Å². The van der Waals surface area contributed by atoms with Crippen molar-refractivity contribution in [3.05, 3.63) is 52.4 Å². The molecule has 0 atom stereocenters. The highest BCUT2D eigenvalue weighted by atomic mass is 35.5. The Balaban J connectivity index is 1.76. The summed E-state index contributed by atoms with van der Waals surface area (Å²) in [7, 11) is -3.69. The van der Waals surface area contributed by atoms with Gasteiger partial charge in [0, 0.05) is 6.54 Å². The standard InChI is InChI=1S/C14H15ClN2O3S2/c15-12-6-7-14(21-12)22(19,20)17-10-13(18)16-9-8-11-4-2-1-3-5-11/h1-7,17H,8-10H2,(H,16,18). The van der Waals surface area contributed by atoms with Gasteiger partial charge < -0.3 is 5.32 Å². The fourth-order valence-electron chi connectivity index (χ4n) is 1.73. The van der Waals surface area contributed by atoms with Crippen LogP contribution in [0.5, 0.6) is 0 Å². The summed E-state index contributed by atoms with van der Waals surface area (Å²) >= 11 is 6.65. The van der Waals surface area contributed by atoms with Gasteiger partial charge in [0.05, 0.1) is 10.9 Å². The molecule has 1 heterocycles. The van der Waals surface area contributed by atoms with Gasteiger partial charge in [-0.25, -0.2) is 13.1 Å². The van der Waals surface area contributed by atoms with Crippen LogP contribution in [0.25, 0.3) is 0 Å². The summed E-state index contributed by atoms with van der Waals surface area (Å²) in [6.07, 6.45) is 0.694. The topological polar surface area (TPSA) is 75.3 Å². The Labute approximate surface area is 138 Å². The minimum atomic E-state index is -3.69. The smallest absolute Gasteiger partial charge is 0.250 e. The van der Waals surface area contributed by atoms with Crippen LogP contribution in [0.4, 0.5) is 0 Å². The summed E-state index contributed by atoms with van der Waals surface area (Å²) in [6.45, 7) is 0.155. The van der Waals surface area contributed by atoms with Crippen molar-refractivity contribution in [3.63, 3.8) is 0 Å². The molecule has 0 spiro atoms. The second kappa shape index (κ2) is 7.73. The van der Waals surface area contributed by atoms with Crippen molar-refractivity contribution in [3.8, 4) is 0 Å². The maximum absolute atomic E-state index is 11.9. The Morgan fingerprint density at radius 2 is 1.86 bits per heavy atom. The van der Waals surface area contributed by atoms with E-state index in [9.17, 15) is 13.2 Å². The maximum atomic E-state index is 11.9. The number of rotatable bonds is 7. The molecule has 1 aromatic heterocycles. The molecule has 0 aliphatic rings. The van der Waals surface area contributed by atoms with E-state index in [2.05, 4.69) is 10.0 Å².